The molecule has 2 rings (SSSR count). The fraction of sp³-hybridized carbons (Fsp3) is 0.154. The monoisotopic (exact) mass is 273 g/mol. The Bertz CT molecular complexity index is 658. The van der Waals surface area contributed by atoms with E-state index in [1.165, 1.54) is 10.9 Å². The molecule has 0 amide bonds. The Labute approximate surface area is 114 Å². The molecule has 2 aromatic rings. The summed E-state index contributed by atoms with van der Waals surface area (Å²) in [6.07, 6.45) is 0. The second kappa shape index (κ2) is 5.50. The highest BCUT2D eigenvalue weighted by atomic mass is 32.1. The van der Waals surface area contributed by atoms with Crippen LogP contribution in [0, 0.1) is 28.4 Å². The van der Waals surface area contributed by atoms with Crippen molar-refractivity contribution in [2.24, 2.45) is 0 Å². The smallest absolute Gasteiger partial charge is 0.309 e. The topological polar surface area (TPSA) is 79.0 Å². The lowest BCUT2D eigenvalue weighted by molar-refractivity contribution is -0.384. The predicted octanol–water partition coefficient (Wildman–Crippen LogP) is 3.45. The van der Waals surface area contributed by atoms with Crippen LogP contribution >= 0.6 is 11.3 Å². The lowest BCUT2D eigenvalue weighted by atomic mass is 10.1. The molecule has 19 heavy (non-hydrogen) atoms. The summed E-state index contributed by atoms with van der Waals surface area (Å²) in [5.74, 6) is 0. The van der Waals surface area contributed by atoms with Gasteiger partial charge in [-0.15, -0.1) is 11.3 Å². The molecule has 0 saturated heterocycles. The molecule has 0 unspecified atom stereocenters. The molecule has 5 nitrogen and oxygen atoms in total. The largest absolute Gasteiger partial charge is 0.375 e. The van der Waals surface area contributed by atoms with Crippen LogP contribution in [-0.2, 0) is 6.54 Å². The van der Waals surface area contributed by atoms with Crippen molar-refractivity contribution in [1.82, 2.24) is 0 Å². The van der Waals surface area contributed by atoms with E-state index in [0.29, 0.717) is 12.2 Å². The molecule has 1 N–H and O–H groups in total. The third-order valence-electron chi connectivity index (χ3n) is 2.59. The lowest BCUT2D eigenvalue weighted by Gasteiger charge is -2.06. The number of anilines is 1. The zero-order valence-corrected chi connectivity index (χ0v) is 11.0. The van der Waals surface area contributed by atoms with Crippen LogP contribution in [-0.4, -0.2) is 4.92 Å². The summed E-state index contributed by atoms with van der Waals surface area (Å²) in [5.41, 5.74) is 0.269. The van der Waals surface area contributed by atoms with Gasteiger partial charge in [-0.2, -0.15) is 5.26 Å². The Morgan fingerprint density at radius 2 is 2.21 bits per heavy atom. The van der Waals surface area contributed by atoms with Gasteiger partial charge in [-0.05, 0) is 31.2 Å². The Kier molecular flexibility index (Phi) is 3.78. The average Bonchev–Trinajstić information content (AvgIpc) is 2.81. The minimum absolute atomic E-state index is 0.0670. The second-order valence-corrected chi connectivity index (χ2v) is 5.31. The molecule has 1 aromatic carbocycles. The van der Waals surface area contributed by atoms with Gasteiger partial charge in [0.2, 0.25) is 0 Å². The molecule has 96 valence electrons. The van der Waals surface area contributed by atoms with Gasteiger partial charge in [0.25, 0.3) is 0 Å². The number of nitrogens with zero attached hydrogens (tertiary/aromatic N) is 2. The number of aryl methyl sites for hydroxylation is 1. The summed E-state index contributed by atoms with van der Waals surface area (Å²) >= 11 is 1.63. The first-order chi connectivity index (χ1) is 9.11. The van der Waals surface area contributed by atoms with E-state index in [0.717, 1.165) is 4.88 Å². The number of para-hydroxylation sites is 1. The quantitative estimate of drug-likeness (QED) is 0.683. The van der Waals surface area contributed by atoms with Gasteiger partial charge in [0.1, 0.15) is 17.3 Å². The van der Waals surface area contributed by atoms with Gasteiger partial charge in [-0.3, -0.25) is 10.1 Å². The van der Waals surface area contributed by atoms with Crippen molar-refractivity contribution in [2.75, 3.05) is 5.32 Å². The number of nitriles is 1. The third-order valence-corrected chi connectivity index (χ3v) is 3.59. The van der Waals surface area contributed by atoms with Crippen molar-refractivity contribution in [3.05, 3.63) is 55.8 Å². The molecular formula is C13H11N3O2S. The zero-order chi connectivity index (χ0) is 13.8. The second-order valence-electron chi connectivity index (χ2n) is 3.94. The van der Waals surface area contributed by atoms with Crippen LogP contribution in [0.25, 0.3) is 0 Å². The van der Waals surface area contributed by atoms with Crippen LogP contribution in [0.3, 0.4) is 0 Å². The number of hydrogen-bond donors (Lipinski definition) is 1. The van der Waals surface area contributed by atoms with Gasteiger partial charge < -0.3 is 5.32 Å². The van der Waals surface area contributed by atoms with Gasteiger partial charge in [0.15, 0.2) is 0 Å². The first-order valence-electron chi connectivity index (χ1n) is 5.58. The Balaban J connectivity index is 2.25. The highest BCUT2D eigenvalue weighted by Crippen LogP contribution is 2.29. The fourth-order valence-electron chi connectivity index (χ4n) is 1.74. The van der Waals surface area contributed by atoms with Crippen LogP contribution in [0.4, 0.5) is 11.4 Å². The molecule has 0 aliphatic heterocycles. The molecule has 0 aliphatic carbocycles. The highest BCUT2D eigenvalue weighted by Gasteiger charge is 2.19. The standard InChI is InChI=1S/C13H11N3O2S/c1-9-5-6-11(19-9)8-15-12-4-2-3-10(7-14)13(12)16(17)18/h2-6,15H,8H2,1H3. The minimum atomic E-state index is -0.527. The molecule has 1 heterocycles. The molecule has 1 aromatic heterocycles. The van der Waals surface area contributed by atoms with Gasteiger partial charge in [0.05, 0.1) is 4.92 Å². The van der Waals surface area contributed by atoms with E-state index in [4.69, 9.17) is 5.26 Å². The van der Waals surface area contributed by atoms with E-state index in [2.05, 4.69) is 5.32 Å². The summed E-state index contributed by atoms with van der Waals surface area (Å²) in [6, 6.07) is 10.5. The Hall–Kier alpha value is -2.39. The molecule has 0 spiro atoms. The number of hydrogen-bond acceptors (Lipinski definition) is 5. The predicted molar refractivity (Wildman–Crippen MR) is 74.2 cm³/mol. The van der Waals surface area contributed by atoms with E-state index in [1.54, 1.807) is 23.5 Å². The molecule has 0 aliphatic rings. The summed E-state index contributed by atoms with van der Waals surface area (Å²) in [7, 11) is 0. The van der Waals surface area contributed by atoms with Crippen molar-refractivity contribution in [3.63, 3.8) is 0 Å². The van der Waals surface area contributed by atoms with Crippen molar-refractivity contribution >= 4 is 22.7 Å². The summed E-state index contributed by atoms with van der Waals surface area (Å²) in [6.45, 7) is 2.52. The first kappa shape index (κ1) is 13.1. The van der Waals surface area contributed by atoms with Crippen molar-refractivity contribution in [1.29, 1.82) is 5.26 Å². The average molecular weight is 273 g/mol. The van der Waals surface area contributed by atoms with E-state index in [9.17, 15) is 10.1 Å². The number of thiophene rings is 1. The van der Waals surface area contributed by atoms with Crippen LogP contribution in [0.1, 0.15) is 15.3 Å². The molecule has 0 fully saturated rings. The maximum Gasteiger partial charge on any atom is 0.309 e. The molecule has 0 saturated carbocycles. The third kappa shape index (κ3) is 2.89. The first-order valence-corrected chi connectivity index (χ1v) is 6.40. The van der Waals surface area contributed by atoms with Gasteiger partial charge >= 0.3 is 5.69 Å². The number of benzene rings is 1. The lowest BCUT2D eigenvalue weighted by Crippen LogP contribution is -2.03. The zero-order valence-electron chi connectivity index (χ0n) is 10.2. The summed E-state index contributed by atoms with van der Waals surface area (Å²) in [5, 5.41) is 23.0. The maximum absolute atomic E-state index is 11.0. The van der Waals surface area contributed by atoms with Crippen LogP contribution in [0.15, 0.2) is 30.3 Å². The van der Waals surface area contributed by atoms with Crippen LogP contribution < -0.4 is 5.32 Å². The minimum Gasteiger partial charge on any atom is -0.375 e. The van der Waals surface area contributed by atoms with Crippen LogP contribution in [0.5, 0.6) is 0 Å². The molecule has 0 atom stereocenters. The Morgan fingerprint density at radius 1 is 1.42 bits per heavy atom. The Morgan fingerprint density at radius 3 is 2.79 bits per heavy atom. The molecule has 0 bridgehead atoms. The number of nitrogens with one attached hydrogen (secondary N) is 1. The van der Waals surface area contributed by atoms with Crippen molar-refractivity contribution in [3.8, 4) is 6.07 Å². The van der Waals surface area contributed by atoms with E-state index in [1.807, 2.05) is 25.1 Å². The van der Waals surface area contributed by atoms with Gasteiger partial charge in [-0.25, -0.2) is 0 Å². The fourth-order valence-corrected chi connectivity index (χ4v) is 2.57. The van der Waals surface area contributed by atoms with Crippen molar-refractivity contribution < 1.29 is 4.92 Å². The normalized spacial score (nSPS) is 9.89. The number of nitro benzene ring substituents is 1. The molecule has 6 heteroatoms. The highest BCUT2D eigenvalue weighted by molar-refractivity contribution is 7.11. The van der Waals surface area contributed by atoms with E-state index in [-0.39, 0.29) is 11.3 Å². The van der Waals surface area contributed by atoms with E-state index >= 15 is 0 Å². The van der Waals surface area contributed by atoms with Crippen molar-refractivity contribution in [2.45, 2.75) is 13.5 Å². The summed E-state index contributed by atoms with van der Waals surface area (Å²) in [4.78, 5) is 12.8. The maximum atomic E-state index is 11.0. The molecular weight excluding hydrogens is 262 g/mol. The van der Waals surface area contributed by atoms with Crippen LogP contribution in [0.2, 0.25) is 0 Å². The number of nitro groups is 1. The summed E-state index contributed by atoms with van der Waals surface area (Å²) < 4.78 is 0. The van der Waals surface area contributed by atoms with E-state index < -0.39 is 4.92 Å². The number of rotatable bonds is 4. The van der Waals surface area contributed by atoms with Gasteiger partial charge in [-0.1, -0.05) is 6.07 Å². The SMILES string of the molecule is Cc1ccc(CNc2cccc(C#N)c2[N+](=O)[O-])s1. The van der Waals surface area contributed by atoms with Gasteiger partial charge in [0, 0.05) is 16.3 Å². The molecule has 0 radical (unpaired) electrons.